The lowest BCUT2D eigenvalue weighted by molar-refractivity contribution is 0.0934. The van der Waals surface area contributed by atoms with Gasteiger partial charge in [0.05, 0.1) is 17.2 Å². The molecular formula is C23H24BrN3O4S. The Morgan fingerprint density at radius 1 is 1.06 bits per heavy atom. The highest BCUT2D eigenvalue weighted by Crippen LogP contribution is 2.25. The number of anilines is 1. The molecule has 1 aromatic heterocycles. The molecule has 1 saturated heterocycles. The minimum absolute atomic E-state index is 0.0319. The van der Waals surface area contributed by atoms with Crippen molar-refractivity contribution in [1.82, 2.24) is 10.2 Å². The van der Waals surface area contributed by atoms with Crippen molar-refractivity contribution in [3.05, 3.63) is 82.7 Å². The highest BCUT2D eigenvalue weighted by molar-refractivity contribution is 9.10. The summed E-state index contributed by atoms with van der Waals surface area (Å²) in [6, 6.07) is 16.5. The van der Waals surface area contributed by atoms with Crippen molar-refractivity contribution in [2.75, 3.05) is 24.4 Å². The van der Waals surface area contributed by atoms with Gasteiger partial charge in [0.2, 0.25) is 0 Å². The van der Waals surface area contributed by atoms with E-state index in [0.29, 0.717) is 17.8 Å². The van der Waals surface area contributed by atoms with Crippen LogP contribution in [0.1, 0.15) is 35.0 Å². The van der Waals surface area contributed by atoms with Gasteiger partial charge in [-0.25, -0.2) is 8.42 Å². The molecule has 0 spiro atoms. The van der Waals surface area contributed by atoms with Gasteiger partial charge in [0.15, 0.2) is 0 Å². The van der Waals surface area contributed by atoms with Crippen LogP contribution in [-0.4, -0.2) is 38.9 Å². The molecule has 0 radical (unpaired) electrons. The van der Waals surface area contributed by atoms with Crippen molar-refractivity contribution in [3.63, 3.8) is 0 Å². The number of amides is 1. The normalized spacial score (nSPS) is 15.4. The monoisotopic (exact) mass is 517 g/mol. The summed E-state index contributed by atoms with van der Waals surface area (Å²) >= 11 is 3.29. The summed E-state index contributed by atoms with van der Waals surface area (Å²) in [7, 11) is -3.76. The van der Waals surface area contributed by atoms with Crippen LogP contribution in [0.3, 0.4) is 0 Å². The number of sulfonamides is 1. The van der Waals surface area contributed by atoms with Gasteiger partial charge in [0.25, 0.3) is 15.9 Å². The number of benzene rings is 2. The first-order valence-corrected chi connectivity index (χ1v) is 12.6. The molecule has 32 heavy (non-hydrogen) atoms. The number of nitrogens with zero attached hydrogens (tertiary/aromatic N) is 1. The van der Waals surface area contributed by atoms with E-state index >= 15 is 0 Å². The molecule has 1 amide bonds. The van der Waals surface area contributed by atoms with Gasteiger partial charge < -0.3 is 9.73 Å². The largest absolute Gasteiger partial charge is 0.468 e. The maximum Gasteiger partial charge on any atom is 0.261 e. The number of carbonyl (C=O) groups excluding carboxylic acids is 1. The van der Waals surface area contributed by atoms with Crippen molar-refractivity contribution >= 4 is 37.5 Å². The van der Waals surface area contributed by atoms with Crippen molar-refractivity contribution in [3.8, 4) is 0 Å². The Morgan fingerprint density at radius 3 is 2.50 bits per heavy atom. The SMILES string of the molecule is O=C(NC[C@@H](c1ccco1)N1CCCC1)c1cccc(NS(=O)(=O)c2ccc(Br)cc2)c1. The molecule has 1 fully saturated rings. The number of nitrogens with one attached hydrogen (secondary N) is 2. The Hall–Kier alpha value is -2.62. The van der Waals surface area contributed by atoms with Crippen molar-refractivity contribution in [1.29, 1.82) is 0 Å². The van der Waals surface area contributed by atoms with Crippen LogP contribution in [-0.2, 0) is 10.0 Å². The fourth-order valence-corrected chi connectivity index (χ4v) is 5.10. The molecular weight excluding hydrogens is 494 g/mol. The van der Waals surface area contributed by atoms with Crippen LogP contribution in [0.5, 0.6) is 0 Å². The van der Waals surface area contributed by atoms with Gasteiger partial charge in [-0.1, -0.05) is 22.0 Å². The molecule has 2 heterocycles. The van der Waals surface area contributed by atoms with Crippen LogP contribution < -0.4 is 10.0 Å². The first-order chi connectivity index (χ1) is 15.4. The molecule has 3 aromatic rings. The highest BCUT2D eigenvalue weighted by atomic mass is 79.9. The number of likely N-dealkylation sites (tertiary alicyclic amines) is 1. The van der Waals surface area contributed by atoms with Gasteiger partial charge in [-0.3, -0.25) is 14.4 Å². The summed E-state index contributed by atoms with van der Waals surface area (Å²) in [4.78, 5) is 15.3. The number of hydrogen-bond acceptors (Lipinski definition) is 5. The van der Waals surface area contributed by atoms with Gasteiger partial charge in [0, 0.05) is 22.3 Å². The number of halogens is 1. The average molecular weight is 518 g/mol. The summed E-state index contributed by atoms with van der Waals surface area (Å²) in [5, 5.41) is 2.97. The molecule has 9 heteroatoms. The fraction of sp³-hybridized carbons (Fsp3) is 0.261. The summed E-state index contributed by atoms with van der Waals surface area (Å²) in [6.45, 7) is 2.34. The zero-order chi connectivity index (χ0) is 22.6. The topological polar surface area (TPSA) is 91.7 Å². The molecule has 2 aromatic carbocycles. The molecule has 7 nitrogen and oxygen atoms in total. The molecule has 2 N–H and O–H groups in total. The van der Waals surface area contributed by atoms with E-state index in [4.69, 9.17) is 4.42 Å². The molecule has 0 bridgehead atoms. The van der Waals surface area contributed by atoms with Gasteiger partial charge in [-0.05, 0) is 80.5 Å². The average Bonchev–Trinajstić information content (AvgIpc) is 3.49. The lowest BCUT2D eigenvalue weighted by Crippen LogP contribution is -2.36. The summed E-state index contributed by atoms with van der Waals surface area (Å²) in [5.41, 5.74) is 0.698. The van der Waals surface area contributed by atoms with Crippen LogP contribution in [0.15, 0.2) is 80.7 Å². The molecule has 1 aliphatic rings. The summed E-state index contributed by atoms with van der Waals surface area (Å²) < 4.78 is 34.2. The smallest absolute Gasteiger partial charge is 0.261 e. The summed E-state index contributed by atoms with van der Waals surface area (Å²) in [5.74, 6) is 0.550. The van der Waals surface area contributed by atoms with Crippen molar-refractivity contribution in [2.24, 2.45) is 0 Å². The molecule has 0 unspecified atom stereocenters. The standard InChI is InChI=1S/C23H24BrN3O4S/c24-18-8-10-20(11-9-18)32(29,30)26-19-6-3-5-17(15-19)23(28)25-16-21(22-7-4-14-31-22)27-12-1-2-13-27/h3-11,14-15,21,26H,1-2,12-13,16H2,(H,25,28)/t21-/m0/s1. The number of hydrogen-bond donors (Lipinski definition) is 2. The highest BCUT2D eigenvalue weighted by Gasteiger charge is 2.26. The first kappa shape index (κ1) is 22.6. The lowest BCUT2D eigenvalue weighted by Gasteiger charge is -2.26. The molecule has 4 rings (SSSR count). The Bertz CT molecular complexity index is 1160. The van der Waals surface area contributed by atoms with E-state index in [1.807, 2.05) is 12.1 Å². The Morgan fingerprint density at radius 2 is 1.81 bits per heavy atom. The van der Waals surface area contributed by atoms with Gasteiger partial charge in [-0.2, -0.15) is 0 Å². The van der Waals surface area contributed by atoms with Crippen molar-refractivity contribution in [2.45, 2.75) is 23.8 Å². The third kappa shape index (κ3) is 5.40. The second-order valence-electron chi connectivity index (χ2n) is 7.62. The van der Waals surface area contributed by atoms with Gasteiger partial charge in [0.1, 0.15) is 5.76 Å². The fourth-order valence-electron chi connectivity index (χ4n) is 3.79. The predicted octanol–water partition coefficient (Wildman–Crippen LogP) is 4.41. The van der Waals surface area contributed by atoms with E-state index in [9.17, 15) is 13.2 Å². The third-order valence-corrected chi connectivity index (χ3v) is 7.34. The minimum Gasteiger partial charge on any atom is -0.468 e. The van der Waals surface area contributed by atoms with Gasteiger partial charge >= 0.3 is 0 Å². The van der Waals surface area contributed by atoms with E-state index in [0.717, 1.165) is 36.2 Å². The van der Waals surface area contributed by atoms with Crippen LogP contribution in [0.25, 0.3) is 0 Å². The van der Waals surface area contributed by atoms with E-state index in [-0.39, 0.29) is 16.8 Å². The first-order valence-electron chi connectivity index (χ1n) is 10.4. The second-order valence-corrected chi connectivity index (χ2v) is 10.2. The molecule has 0 aliphatic carbocycles. The number of rotatable bonds is 8. The minimum atomic E-state index is -3.76. The quantitative estimate of drug-likeness (QED) is 0.461. The number of furan rings is 1. The van der Waals surface area contributed by atoms with E-state index in [1.54, 1.807) is 36.6 Å². The Kier molecular flexibility index (Phi) is 6.98. The van der Waals surface area contributed by atoms with E-state index < -0.39 is 10.0 Å². The summed E-state index contributed by atoms with van der Waals surface area (Å²) in [6.07, 6.45) is 3.90. The van der Waals surface area contributed by atoms with E-state index in [2.05, 4.69) is 30.9 Å². The Balaban J connectivity index is 1.44. The van der Waals surface area contributed by atoms with Crippen LogP contribution in [0.4, 0.5) is 5.69 Å². The molecule has 168 valence electrons. The second kappa shape index (κ2) is 9.89. The predicted molar refractivity (Wildman–Crippen MR) is 126 cm³/mol. The van der Waals surface area contributed by atoms with E-state index in [1.165, 1.54) is 18.2 Å². The van der Waals surface area contributed by atoms with Crippen LogP contribution in [0, 0.1) is 0 Å². The zero-order valence-corrected chi connectivity index (χ0v) is 19.7. The molecule has 1 aliphatic heterocycles. The third-order valence-electron chi connectivity index (χ3n) is 5.41. The van der Waals surface area contributed by atoms with Crippen LogP contribution in [0.2, 0.25) is 0 Å². The maximum atomic E-state index is 12.8. The molecule has 0 saturated carbocycles. The molecule has 1 atom stereocenters. The lowest BCUT2D eigenvalue weighted by atomic mass is 10.1. The zero-order valence-electron chi connectivity index (χ0n) is 17.3. The van der Waals surface area contributed by atoms with Crippen molar-refractivity contribution < 1.29 is 17.6 Å². The van der Waals surface area contributed by atoms with Gasteiger partial charge in [-0.15, -0.1) is 0 Å². The van der Waals surface area contributed by atoms with Crippen LogP contribution >= 0.6 is 15.9 Å². The Labute approximate surface area is 196 Å². The number of carbonyl (C=O) groups is 1. The maximum absolute atomic E-state index is 12.8.